The maximum atomic E-state index is 12.1. The Bertz CT molecular complexity index is 682. The van der Waals surface area contributed by atoms with Crippen molar-refractivity contribution in [1.82, 2.24) is 4.98 Å². The second-order valence-electron chi connectivity index (χ2n) is 4.23. The average molecular weight is 344 g/mol. The first kappa shape index (κ1) is 15.8. The predicted octanol–water partition coefficient (Wildman–Crippen LogP) is 2.56. The SMILES string of the molecule is C[C@@H](C(=O)Nc1cc(Cl)cc(Cl)c1)c1nc(C(=O)[O-])cs1. The molecule has 1 atom stereocenters. The first-order valence-electron chi connectivity index (χ1n) is 5.80. The van der Waals surface area contributed by atoms with Crippen LogP contribution < -0.4 is 10.4 Å². The molecule has 0 aliphatic carbocycles. The Morgan fingerprint density at radius 1 is 1.29 bits per heavy atom. The molecule has 1 aromatic carbocycles. The van der Waals surface area contributed by atoms with E-state index < -0.39 is 11.9 Å². The van der Waals surface area contributed by atoms with Gasteiger partial charge >= 0.3 is 0 Å². The van der Waals surface area contributed by atoms with Crippen LogP contribution in [0.5, 0.6) is 0 Å². The third-order valence-corrected chi connectivity index (χ3v) is 4.09. The molecule has 1 N–H and O–H groups in total. The van der Waals surface area contributed by atoms with E-state index in [1.165, 1.54) is 5.38 Å². The van der Waals surface area contributed by atoms with E-state index in [-0.39, 0.29) is 11.6 Å². The number of carbonyl (C=O) groups is 2. The Labute approximate surface area is 134 Å². The van der Waals surface area contributed by atoms with Crippen molar-refractivity contribution in [1.29, 1.82) is 0 Å². The minimum absolute atomic E-state index is 0.180. The van der Waals surface area contributed by atoms with Crippen LogP contribution in [-0.4, -0.2) is 16.9 Å². The van der Waals surface area contributed by atoms with Crippen molar-refractivity contribution in [2.24, 2.45) is 0 Å². The van der Waals surface area contributed by atoms with Gasteiger partial charge in [-0.1, -0.05) is 23.2 Å². The van der Waals surface area contributed by atoms with Gasteiger partial charge in [0.25, 0.3) is 0 Å². The number of nitrogens with one attached hydrogen (secondary N) is 1. The number of aromatic carboxylic acids is 1. The van der Waals surface area contributed by atoms with E-state index in [1.807, 2.05) is 0 Å². The molecule has 0 fully saturated rings. The van der Waals surface area contributed by atoms with Gasteiger partial charge in [-0.15, -0.1) is 11.3 Å². The first-order chi connectivity index (χ1) is 9.86. The lowest BCUT2D eigenvalue weighted by Gasteiger charge is -2.10. The summed E-state index contributed by atoms with van der Waals surface area (Å²) in [6.07, 6.45) is 0. The van der Waals surface area contributed by atoms with E-state index in [1.54, 1.807) is 25.1 Å². The van der Waals surface area contributed by atoms with Crippen LogP contribution in [0.2, 0.25) is 10.0 Å². The van der Waals surface area contributed by atoms with Crippen LogP contribution in [0.4, 0.5) is 5.69 Å². The van der Waals surface area contributed by atoms with Crippen LogP contribution in [0.15, 0.2) is 23.6 Å². The molecule has 1 aromatic heterocycles. The molecule has 0 aliphatic rings. The fourth-order valence-corrected chi connectivity index (χ4v) is 2.94. The van der Waals surface area contributed by atoms with Gasteiger partial charge in [-0.05, 0) is 25.1 Å². The summed E-state index contributed by atoms with van der Waals surface area (Å²) in [6.45, 7) is 1.62. The van der Waals surface area contributed by atoms with Crippen molar-refractivity contribution in [3.8, 4) is 0 Å². The van der Waals surface area contributed by atoms with Crippen LogP contribution in [0.1, 0.15) is 28.3 Å². The van der Waals surface area contributed by atoms with Crippen molar-refractivity contribution in [3.05, 3.63) is 44.3 Å². The highest BCUT2D eigenvalue weighted by Crippen LogP contribution is 2.25. The van der Waals surface area contributed by atoms with E-state index in [4.69, 9.17) is 23.2 Å². The number of nitrogens with zero attached hydrogens (tertiary/aromatic N) is 1. The van der Waals surface area contributed by atoms with Crippen molar-refractivity contribution < 1.29 is 14.7 Å². The lowest BCUT2D eigenvalue weighted by molar-refractivity contribution is -0.255. The van der Waals surface area contributed by atoms with Crippen LogP contribution in [-0.2, 0) is 4.79 Å². The number of benzene rings is 1. The monoisotopic (exact) mass is 343 g/mol. The molecule has 0 aliphatic heterocycles. The summed E-state index contributed by atoms with van der Waals surface area (Å²) in [4.78, 5) is 26.6. The van der Waals surface area contributed by atoms with Crippen molar-refractivity contribution in [2.45, 2.75) is 12.8 Å². The second-order valence-corrected chi connectivity index (χ2v) is 5.99. The molecular formula is C13H9Cl2N2O3S-. The molecule has 0 bridgehead atoms. The van der Waals surface area contributed by atoms with Gasteiger partial charge in [-0.25, -0.2) is 4.98 Å². The number of carboxylic acids is 1. The van der Waals surface area contributed by atoms with Crippen LogP contribution in [0, 0.1) is 0 Å². The molecule has 0 saturated heterocycles. The topological polar surface area (TPSA) is 82.1 Å². The van der Waals surface area contributed by atoms with Gasteiger partial charge < -0.3 is 15.2 Å². The minimum atomic E-state index is -1.37. The standard InChI is InChI=1S/C13H10Cl2N2O3S/c1-6(12-17-10(5-21-12)13(19)20)11(18)16-9-3-7(14)2-8(15)4-9/h2-6H,1H3,(H,16,18)(H,19,20)/p-1/t6-/m0/s1. The largest absolute Gasteiger partial charge is 0.543 e. The zero-order valence-electron chi connectivity index (χ0n) is 10.7. The van der Waals surface area contributed by atoms with Gasteiger partial charge in [0.1, 0.15) is 5.01 Å². The zero-order chi connectivity index (χ0) is 15.6. The minimum Gasteiger partial charge on any atom is -0.543 e. The summed E-state index contributed by atoms with van der Waals surface area (Å²) < 4.78 is 0. The molecule has 0 saturated carbocycles. The Kier molecular flexibility index (Phi) is 4.82. The van der Waals surface area contributed by atoms with Crippen LogP contribution in [0.25, 0.3) is 0 Å². The quantitative estimate of drug-likeness (QED) is 0.924. The van der Waals surface area contributed by atoms with E-state index in [9.17, 15) is 14.7 Å². The van der Waals surface area contributed by atoms with Crippen LogP contribution in [0.3, 0.4) is 0 Å². The van der Waals surface area contributed by atoms with Crippen LogP contribution >= 0.6 is 34.5 Å². The molecule has 8 heteroatoms. The highest BCUT2D eigenvalue weighted by atomic mass is 35.5. The smallest absolute Gasteiger partial charge is 0.234 e. The number of halogens is 2. The van der Waals surface area contributed by atoms with Gasteiger partial charge in [0.05, 0.1) is 17.6 Å². The Balaban J connectivity index is 2.13. The summed E-state index contributed by atoms with van der Waals surface area (Å²) in [5, 5.41) is 15.9. The maximum absolute atomic E-state index is 12.1. The normalized spacial score (nSPS) is 12.0. The molecule has 1 heterocycles. The second kappa shape index (κ2) is 6.43. The van der Waals surface area contributed by atoms with Gasteiger partial charge in [0, 0.05) is 21.1 Å². The number of hydrogen-bond donors (Lipinski definition) is 1. The fourth-order valence-electron chi connectivity index (χ4n) is 1.57. The maximum Gasteiger partial charge on any atom is 0.234 e. The number of hydrogen-bond acceptors (Lipinski definition) is 5. The van der Waals surface area contributed by atoms with Gasteiger partial charge in [-0.3, -0.25) is 4.79 Å². The Morgan fingerprint density at radius 2 is 1.90 bits per heavy atom. The molecule has 0 spiro atoms. The number of rotatable bonds is 4. The number of thiazole rings is 1. The third-order valence-electron chi connectivity index (χ3n) is 2.62. The Hall–Kier alpha value is -1.63. The zero-order valence-corrected chi connectivity index (χ0v) is 13.1. The summed E-state index contributed by atoms with van der Waals surface area (Å²) in [7, 11) is 0. The number of anilines is 1. The summed E-state index contributed by atoms with van der Waals surface area (Å²) in [5.74, 6) is -2.32. The van der Waals surface area contributed by atoms with E-state index in [0.29, 0.717) is 20.7 Å². The molecule has 110 valence electrons. The average Bonchev–Trinajstić information content (AvgIpc) is 2.86. The van der Waals surface area contributed by atoms with E-state index in [2.05, 4.69) is 10.3 Å². The summed E-state index contributed by atoms with van der Waals surface area (Å²) in [6, 6.07) is 4.67. The molecule has 2 rings (SSSR count). The van der Waals surface area contributed by atoms with Gasteiger partial charge in [0.15, 0.2) is 0 Å². The van der Waals surface area contributed by atoms with Gasteiger partial charge in [-0.2, -0.15) is 0 Å². The van der Waals surface area contributed by atoms with Gasteiger partial charge in [0.2, 0.25) is 5.91 Å². The molecule has 2 aromatic rings. The molecular weight excluding hydrogens is 335 g/mol. The number of aromatic nitrogens is 1. The van der Waals surface area contributed by atoms with Crippen molar-refractivity contribution >= 4 is 52.1 Å². The first-order valence-corrected chi connectivity index (χ1v) is 7.44. The van der Waals surface area contributed by atoms with E-state index >= 15 is 0 Å². The predicted molar refractivity (Wildman–Crippen MR) is 80.0 cm³/mol. The summed E-state index contributed by atoms with van der Waals surface area (Å²) >= 11 is 12.8. The number of amides is 1. The number of carboxylic acid groups (broad SMARTS) is 1. The molecule has 5 nitrogen and oxygen atoms in total. The third kappa shape index (κ3) is 3.93. The fraction of sp³-hybridized carbons (Fsp3) is 0.154. The van der Waals surface area contributed by atoms with Crippen molar-refractivity contribution in [2.75, 3.05) is 5.32 Å². The molecule has 21 heavy (non-hydrogen) atoms. The molecule has 0 unspecified atom stereocenters. The van der Waals surface area contributed by atoms with Crippen molar-refractivity contribution in [3.63, 3.8) is 0 Å². The molecule has 1 amide bonds. The Morgan fingerprint density at radius 3 is 2.43 bits per heavy atom. The molecule has 0 radical (unpaired) electrons. The lowest BCUT2D eigenvalue weighted by atomic mass is 10.1. The number of carbonyl (C=O) groups excluding carboxylic acids is 2. The highest BCUT2D eigenvalue weighted by molar-refractivity contribution is 7.10. The van der Waals surface area contributed by atoms with E-state index in [0.717, 1.165) is 11.3 Å². The summed E-state index contributed by atoms with van der Waals surface area (Å²) in [5.41, 5.74) is 0.279. The lowest BCUT2D eigenvalue weighted by Crippen LogP contribution is -2.23. The highest BCUT2D eigenvalue weighted by Gasteiger charge is 2.19.